The van der Waals surface area contributed by atoms with Gasteiger partial charge in [-0.25, -0.2) is 9.78 Å². The summed E-state index contributed by atoms with van der Waals surface area (Å²) >= 11 is 0. The first kappa shape index (κ1) is 13.5. The number of carbonyl (C=O) groups excluding carboxylic acids is 1. The zero-order chi connectivity index (χ0) is 13.8. The Labute approximate surface area is 110 Å². The molecule has 0 spiro atoms. The van der Waals surface area contributed by atoms with Crippen LogP contribution in [0.1, 0.15) is 29.8 Å². The Balaban J connectivity index is 1.76. The second-order valence-electron chi connectivity index (χ2n) is 4.79. The van der Waals surface area contributed by atoms with E-state index in [9.17, 15) is 9.59 Å². The van der Waals surface area contributed by atoms with Gasteiger partial charge in [0.25, 0.3) is 0 Å². The maximum atomic E-state index is 11.8. The van der Waals surface area contributed by atoms with Crippen molar-refractivity contribution >= 4 is 11.9 Å². The van der Waals surface area contributed by atoms with Crippen LogP contribution in [-0.2, 0) is 11.3 Å². The van der Waals surface area contributed by atoms with E-state index < -0.39 is 5.97 Å². The quantitative estimate of drug-likeness (QED) is 0.685. The van der Waals surface area contributed by atoms with E-state index in [1.54, 1.807) is 4.57 Å². The van der Waals surface area contributed by atoms with Crippen molar-refractivity contribution in [3.63, 3.8) is 0 Å². The number of nitrogens with zero attached hydrogens (tertiary/aromatic N) is 2. The van der Waals surface area contributed by atoms with Crippen molar-refractivity contribution in [1.29, 1.82) is 0 Å². The van der Waals surface area contributed by atoms with Gasteiger partial charge in [-0.15, -0.1) is 0 Å². The van der Waals surface area contributed by atoms with Crippen LogP contribution < -0.4 is 11.1 Å². The van der Waals surface area contributed by atoms with Gasteiger partial charge in [0.1, 0.15) is 0 Å². The van der Waals surface area contributed by atoms with E-state index in [-0.39, 0.29) is 23.6 Å². The Morgan fingerprint density at radius 3 is 2.89 bits per heavy atom. The van der Waals surface area contributed by atoms with Crippen LogP contribution in [0.4, 0.5) is 0 Å². The summed E-state index contributed by atoms with van der Waals surface area (Å²) in [5.74, 6) is -1.15. The fraction of sp³-hybridized carbons (Fsp3) is 0.583. The molecule has 2 unspecified atom stereocenters. The van der Waals surface area contributed by atoms with E-state index in [0.29, 0.717) is 13.1 Å². The minimum absolute atomic E-state index is 0.00383. The van der Waals surface area contributed by atoms with Gasteiger partial charge in [-0.2, -0.15) is 0 Å². The van der Waals surface area contributed by atoms with Gasteiger partial charge in [0.2, 0.25) is 5.91 Å². The Bertz CT molecular complexity index is 471. The topological polar surface area (TPSA) is 110 Å². The maximum absolute atomic E-state index is 11.8. The fourth-order valence-electron chi connectivity index (χ4n) is 2.35. The molecule has 1 aliphatic rings. The molecule has 2 rings (SSSR count). The molecule has 1 aromatic rings. The first-order valence-corrected chi connectivity index (χ1v) is 6.36. The Kier molecular flexibility index (Phi) is 4.16. The third-order valence-electron chi connectivity index (χ3n) is 3.43. The zero-order valence-electron chi connectivity index (χ0n) is 10.6. The van der Waals surface area contributed by atoms with Gasteiger partial charge in [0.05, 0.1) is 12.2 Å². The molecule has 0 saturated heterocycles. The van der Waals surface area contributed by atoms with Gasteiger partial charge >= 0.3 is 5.97 Å². The second-order valence-corrected chi connectivity index (χ2v) is 4.79. The third kappa shape index (κ3) is 3.31. The molecule has 4 N–H and O–H groups in total. The molecule has 19 heavy (non-hydrogen) atoms. The van der Waals surface area contributed by atoms with Crippen molar-refractivity contribution in [3.8, 4) is 0 Å². The molecule has 7 nitrogen and oxygen atoms in total. The van der Waals surface area contributed by atoms with E-state index in [0.717, 1.165) is 19.3 Å². The molecule has 1 heterocycles. The molecule has 0 aromatic carbocycles. The van der Waals surface area contributed by atoms with Crippen LogP contribution in [-0.4, -0.2) is 39.1 Å². The number of nitrogens with two attached hydrogens (primary N) is 1. The average Bonchev–Trinajstić information content (AvgIpc) is 2.97. The lowest BCUT2D eigenvalue weighted by Crippen LogP contribution is -2.39. The SMILES string of the molecule is NC1CCCC1C(=O)NCCn1cnc(C(=O)O)c1. The third-order valence-corrected chi connectivity index (χ3v) is 3.43. The number of rotatable bonds is 5. The first-order valence-electron chi connectivity index (χ1n) is 6.36. The van der Waals surface area contributed by atoms with E-state index in [4.69, 9.17) is 10.8 Å². The molecule has 0 radical (unpaired) electrons. The van der Waals surface area contributed by atoms with Crippen LogP contribution in [0, 0.1) is 5.92 Å². The van der Waals surface area contributed by atoms with Gasteiger partial charge in [-0.1, -0.05) is 6.42 Å². The number of hydrogen-bond donors (Lipinski definition) is 3. The lowest BCUT2D eigenvalue weighted by atomic mass is 10.0. The van der Waals surface area contributed by atoms with E-state index in [1.165, 1.54) is 12.5 Å². The van der Waals surface area contributed by atoms with Crippen LogP contribution >= 0.6 is 0 Å². The van der Waals surface area contributed by atoms with Crippen LogP contribution in [0.25, 0.3) is 0 Å². The molecule has 1 amide bonds. The molecule has 0 aliphatic heterocycles. The number of amides is 1. The number of aromatic nitrogens is 2. The number of imidazole rings is 1. The van der Waals surface area contributed by atoms with Crippen molar-refractivity contribution in [2.75, 3.05) is 6.54 Å². The normalized spacial score (nSPS) is 22.4. The largest absolute Gasteiger partial charge is 0.476 e. The summed E-state index contributed by atoms with van der Waals surface area (Å²) in [6, 6.07) is -0.0353. The van der Waals surface area contributed by atoms with E-state index in [1.807, 2.05) is 0 Å². The highest BCUT2D eigenvalue weighted by molar-refractivity contribution is 5.84. The lowest BCUT2D eigenvalue weighted by molar-refractivity contribution is -0.125. The standard InChI is InChI=1S/C12H18N4O3/c13-9-3-1-2-8(9)11(17)14-4-5-16-6-10(12(18)19)15-7-16/h6-9H,1-5,13H2,(H,14,17)(H,18,19). The summed E-state index contributed by atoms with van der Waals surface area (Å²) in [5, 5.41) is 11.6. The van der Waals surface area contributed by atoms with Crippen LogP contribution in [0.2, 0.25) is 0 Å². The number of aromatic carboxylic acids is 1. The smallest absolute Gasteiger partial charge is 0.356 e. The number of nitrogens with one attached hydrogen (secondary N) is 1. The predicted octanol–water partition coefficient (Wildman–Crippen LogP) is -0.175. The molecule has 1 aromatic heterocycles. The predicted molar refractivity (Wildman–Crippen MR) is 67.5 cm³/mol. The highest BCUT2D eigenvalue weighted by atomic mass is 16.4. The molecule has 1 fully saturated rings. The van der Waals surface area contributed by atoms with Gasteiger partial charge in [-0.05, 0) is 12.8 Å². The van der Waals surface area contributed by atoms with Crippen molar-refractivity contribution in [2.45, 2.75) is 31.8 Å². The monoisotopic (exact) mass is 266 g/mol. The number of carboxylic acids is 1. The molecule has 1 saturated carbocycles. The van der Waals surface area contributed by atoms with Crippen LogP contribution in [0.15, 0.2) is 12.5 Å². The Hall–Kier alpha value is -1.89. The fourth-order valence-corrected chi connectivity index (χ4v) is 2.35. The lowest BCUT2D eigenvalue weighted by Gasteiger charge is -2.15. The second kappa shape index (κ2) is 5.83. The number of carbonyl (C=O) groups is 2. The van der Waals surface area contributed by atoms with E-state index in [2.05, 4.69) is 10.3 Å². The van der Waals surface area contributed by atoms with Crippen molar-refractivity contribution in [3.05, 3.63) is 18.2 Å². The minimum atomic E-state index is -1.06. The van der Waals surface area contributed by atoms with Gasteiger partial charge < -0.3 is 20.7 Å². The Morgan fingerprint density at radius 1 is 1.53 bits per heavy atom. The maximum Gasteiger partial charge on any atom is 0.356 e. The molecule has 0 bridgehead atoms. The van der Waals surface area contributed by atoms with Crippen LogP contribution in [0.5, 0.6) is 0 Å². The minimum Gasteiger partial charge on any atom is -0.476 e. The van der Waals surface area contributed by atoms with Crippen molar-refractivity contribution < 1.29 is 14.7 Å². The first-order chi connectivity index (χ1) is 9.08. The zero-order valence-corrected chi connectivity index (χ0v) is 10.6. The molecule has 2 atom stereocenters. The average molecular weight is 266 g/mol. The van der Waals surface area contributed by atoms with E-state index >= 15 is 0 Å². The molecule has 104 valence electrons. The molecular weight excluding hydrogens is 248 g/mol. The van der Waals surface area contributed by atoms with Crippen molar-refractivity contribution in [2.24, 2.45) is 11.7 Å². The highest BCUT2D eigenvalue weighted by Crippen LogP contribution is 2.23. The summed E-state index contributed by atoms with van der Waals surface area (Å²) in [5.41, 5.74) is 5.86. The summed E-state index contributed by atoms with van der Waals surface area (Å²) in [7, 11) is 0. The number of hydrogen-bond acceptors (Lipinski definition) is 4. The van der Waals surface area contributed by atoms with Gasteiger partial charge in [-0.3, -0.25) is 4.79 Å². The molecule has 7 heteroatoms. The molecular formula is C12H18N4O3. The highest BCUT2D eigenvalue weighted by Gasteiger charge is 2.29. The summed E-state index contributed by atoms with van der Waals surface area (Å²) < 4.78 is 1.64. The summed E-state index contributed by atoms with van der Waals surface area (Å²) in [4.78, 5) is 26.2. The van der Waals surface area contributed by atoms with Gasteiger partial charge in [0.15, 0.2) is 5.69 Å². The van der Waals surface area contributed by atoms with Crippen LogP contribution in [0.3, 0.4) is 0 Å². The summed E-state index contributed by atoms with van der Waals surface area (Å²) in [6.45, 7) is 0.936. The summed E-state index contributed by atoms with van der Waals surface area (Å²) in [6.07, 6.45) is 5.64. The molecule has 1 aliphatic carbocycles. The van der Waals surface area contributed by atoms with Crippen molar-refractivity contribution in [1.82, 2.24) is 14.9 Å². The van der Waals surface area contributed by atoms with Gasteiger partial charge in [0, 0.05) is 25.3 Å². The number of carboxylic acid groups (broad SMARTS) is 1. The Morgan fingerprint density at radius 2 is 2.32 bits per heavy atom.